The van der Waals surface area contributed by atoms with Crippen molar-refractivity contribution in [3.63, 3.8) is 0 Å². The molecule has 7 nitrogen and oxygen atoms in total. The fourth-order valence-corrected chi connectivity index (χ4v) is 3.46. The van der Waals surface area contributed by atoms with Crippen LogP contribution in [0.1, 0.15) is 35.1 Å². The molecule has 30 heavy (non-hydrogen) atoms. The van der Waals surface area contributed by atoms with Crippen molar-refractivity contribution >= 4 is 5.95 Å². The SMILES string of the molecule is Cc1cc(C(F)(F)F)nn1CCc1cc(=O)[nH]c(N[C@H]2CCOc3ccccc32)n1. The van der Waals surface area contributed by atoms with Gasteiger partial charge in [0.1, 0.15) is 5.75 Å². The van der Waals surface area contributed by atoms with Crippen LogP contribution in [-0.4, -0.2) is 26.4 Å². The van der Waals surface area contributed by atoms with Gasteiger partial charge in [0.05, 0.1) is 18.3 Å². The van der Waals surface area contributed by atoms with E-state index in [0.29, 0.717) is 30.4 Å². The molecule has 0 aliphatic carbocycles. The van der Waals surface area contributed by atoms with Crippen molar-refractivity contribution in [3.8, 4) is 5.75 Å². The molecule has 0 saturated heterocycles. The number of H-pyrrole nitrogens is 1. The number of hydrogen-bond acceptors (Lipinski definition) is 5. The van der Waals surface area contributed by atoms with Gasteiger partial charge in [-0.1, -0.05) is 18.2 Å². The van der Waals surface area contributed by atoms with Gasteiger partial charge in [0.2, 0.25) is 5.95 Å². The monoisotopic (exact) mass is 419 g/mol. The minimum atomic E-state index is -4.49. The molecule has 0 radical (unpaired) electrons. The Bertz CT molecular complexity index is 1110. The summed E-state index contributed by atoms with van der Waals surface area (Å²) in [6.07, 6.45) is -3.52. The van der Waals surface area contributed by atoms with E-state index >= 15 is 0 Å². The smallest absolute Gasteiger partial charge is 0.435 e. The Hall–Kier alpha value is -3.30. The lowest BCUT2D eigenvalue weighted by Gasteiger charge is -2.26. The van der Waals surface area contributed by atoms with E-state index in [9.17, 15) is 18.0 Å². The summed E-state index contributed by atoms with van der Waals surface area (Å²) in [5.41, 5.74) is 0.563. The fraction of sp³-hybridized carbons (Fsp3) is 0.350. The zero-order chi connectivity index (χ0) is 21.3. The Balaban J connectivity index is 1.50. The summed E-state index contributed by atoms with van der Waals surface area (Å²) in [6.45, 7) is 2.28. The minimum absolute atomic E-state index is 0.0731. The van der Waals surface area contributed by atoms with Gasteiger partial charge >= 0.3 is 6.18 Å². The van der Waals surface area contributed by atoms with Gasteiger partial charge in [0, 0.05) is 36.7 Å². The molecule has 158 valence electrons. The number of halogens is 3. The standard InChI is InChI=1S/C20H20F3N5O2/c1-12-10-17(20(21,22)23)27-28(12)8-6-13-11-18(29)26-19(24-13)25-15-7-9-30-16-5-3-2-4-14(15)16/h2-5,10-11,15H,6-9H2,1H3,(H2,24,25,26,29)/t15-/m0/s1. The molecule has 2 N–H and O–H groups in total. The highest BCUT2D eigenvalue weighted by Crippen LogP contribution is 2.33. The van der Waals surface area contributed by atoms with Crippen LogP contribution in [0.4, 0.5) is 19.1 Å². The van der Waals surface area contributed by atoms with Crippen LogP contribution in [0.15, 0.2) is 41.2 Å². The summed E-state index contributed by atoms with van der Waals surface area (Å²) in [7, 11) is 0. The predicted molar refractivity (Wildman–Crippen MR) is 103 cm³/mol. The molecule has 0 unspecified atom stereocenters. The van der Waals surface area contributed by atoms with Crippen molar-refractivity contribution in [3.05, 3.63) is 69.4 Å². The van der Waals surface area contributed by atoms with Gasteiger partial charge < -0.3 is 10.1 Å². The molecule has 0 fully saturated rings. The Labute approximate surface area is 169 Å². The lowest BCUT2D eigenvalue weighted by Crippen LogP contribution is -2.23. The summed E-state index contributed by atoms with van der Waals surface area (Å²) >= 11 is 0. The summed E-state index contributed by atoms with van der Waals surface area (Å²) in [5.74, 6) is 1.10. The molecule has 0 bridgehead atoms. The van der Waals surface area contributed by atoms with Crippen LogP contribution >= 0.6 is 0 Å². The summed E-state index contributed by atoms with van der Waals surface area (Å²) in [5, 5.41) is 6.84. The van der Waals surface area contributed by atoms with E-state index in [1.54, 1.807) is 6.92 Å². The second-order valence-corrected chi connectivity index (χ2v) is 7.10. The van der Waals surface area contributed by atoms with Gasteiger partial charge in [-0.15, -0.1) is 0 Å². The maximum atomic E-state index is 12.8. The zero-order valence-corrected chi connectivity index (χ0v) is 16.2. The quantitative estimate of drug-likeness (QED) is 0.662. The van der Waals surface area contributed by atoms with Crippen LogP contribution in [0, 0.1) is 6.92 Å². The summed E-state index contributed by atoms with van der Waals surface area (Å²) < 4.78 is 45.4. The first-order valence-corrected chi connectivity index (χ1v) is 9.50. The van der Waals surface area contributed by atoms with Crippen LogP contribution in [0.2, 0.25) is 0 Å². The van der Waals surface area contributed by atoms with Crippen molar-refractivity contribution in [1.82, 2.24) is 19.7 Å². The number of nitrogens with one attached hydrogen (secondary N) is 2. The first-order chi connectivity index (χ1) is 14.3. The lowest BCUT2D eigenvalue weighted by molar-refractivity contribution is -0.141. The molecule has 10 heteroatoms. The minimum Gasteiger partial charge on any atom is -0.493 e. The lowest BCUT2D eigenvalue weighted by atomic mass is 10.0. The Kier molecular flexibility index (Phi) is 5.23. The topological polar surface area (TPSA) is 84.8 Å². The molecule has 1 aromatic carbocycles. The van der Waals surface area contributed by atoms with Gasteiger partial charge in [-0.2, -0.15) is 18.3 Å². The Morgan fingerprint density at radius 1 is 1.30 bits per heavy atom. The number of rotatable bonds is 5. The molecular weight excluding hydrogens is 399 g/mol. The summed E-state index contributed by atoms with van der Waals surface area (Å²) in [6, 6.07) is 9.91. The van der Waals surface area contributed by atoms with Gasteiger partial charge in [-0.05, 0) is 19.1 Å². The second kappa shape index (κ2) is 7.85. The van der Waals surface area contributed by atoms with E-state index < -0.39 is 11.9 Å². The Morgan fingerprint density at radius 3 is 2.87 bits per heavy atom. The molecule has 4 rings (SSSR count). The molecule has 0 amide bonds. The number of nitrogens with zero attached hydrogens (tertiary/aromatic N) is 3. The first kappa shape index (κ1) is 20.0. The highest BCUT2D eigenvalue weighted by Gasteiger charge is 2.34. The number of aromatic amines is 1. The maximum absolute atomic E-state index is 12.8. The molecular formula is C20H20F3N5O2. The number of anilines is 1. The fourth-order valence-electron chi connectivity index (χ4n) is 3.46. The molecule has 0 saturated carbocycles. The number of aromatic nitrogens is 4. The third-order valence-electron chi connectivity index (χ3n) is 4.92. The van der Waals surface area contributed by atoms with Gasteiger partial charge in [-0.25, -0.2) is 4.98 Å². The average molecular weight is 419 g/mol. The zero-order valence-electron chi connectivity index (χ0n) is 16.2. The number of hydrogen-bond donors (Lipinski definition) is 2. The van der Waals surface area contributed by atoms with E-state index in [1.807, 2.05) is 24.3 Å². The second-order valence-electron chi connectivity index (χ2n) is 7.10. The summed E-state index contributed by atoms with van der Waals surface area (Å²) in [4.78, 5) is 19.2. The van der Waals surface area contributed by atoms with Crippen molar-refractivity contribution in [2.75, 3.05) is 11.9 Å². The van der Waals surface area contributed by atoms with E-state index in [0.717, 1.165) is 17.4 Å². The van der Waals surface area contributed by atoms with Crippen LogP contribution in [0.3, 0.4) is 0 Å². The molecule has 1 aliphatic rings. The highest BCUT2D eigenvalue weighted by molar-refractivity contribution is 5.42. The van der Waals surface area contributed by atoms with Crippen molar-refractivity contribution < 1.29 is 17.9 Å². The van der Waals surface area contributed by atoms with Gasteiger partial charge in [-0.3, -0.25) is 14.5 Å². The molecule has 0 spiro atoms. The Morgan fingerprint density at radius 2 is 2.10 bits per heavy atom. The maximum Gasteiger partial charge on any atom is 0.435 e. The van der Waals surface area contributed by atoms with Crippen LogP contribution in [0.5, 0.6) is 5.75 Å². The third-order valence-corrected chi connectivity index (χ3v) is 4.92. The number of aryl methyl sites for hydroxylation is 3. The van der Waals surface area contributed by atoms with Crippen LogP contribution < -0.4 is 15.6 Å². The average Bonchev–Trinajstić information content (AvgIpc) is 3.07. The van der Waals surface area contributed by atoms with Crippen LogP contribution in [0.25, 0.3) is 0 Å². The number of alkyl halides is 3. The van der Waals surface area contributed by atoms with Crippen LogP contribution in [-0.2, 0) is 19.1 Å². The largest absolute Gasteiger partial charge is 0.493 e. The number of para-hydroxylation sites is 1. The van der Waals surface area contributed by atoms with Gasteiger partial charge in [0.15, 0.2) is 5.69 Å². The van der Waals surface area contributed by atoms with Crippen molar-refractivity contribution in [1.29, 1.82) is 0 Å². The van der Waals surface area contributed by atoms with E-state index in [1.165, 1.54) is 10.7 Å². The van der Waals surface area contributed by atoms with E-state index in [-0.39, 0.29) is 24.6 Å². The van der Waals surface area contributed by atoms with E-state index in [4.69, 9.17) is 4.74 Å². The molecule has 2 aromatic heterocycles. The number of benzene rings is 1. The number of fused-ring (bicyclic) bond motifs is 1. The third kappa shape index (κ3) is 4.32. The first-order valence-electron chi connectivity index (χ1n) is 9.50. The number of ether oxygens (including phenoxy) is 1. The van der Waals surface area contributed by atoms with Crippen molar-refractivity contribution in [2.24, 2.45) is 0 Å². The molecule has 3 heterocycles. The van der Waals surface area contributed by atoms with E-state index in [2.05, 4.69) is 20.4 Å². The van der Waals surface area contributed by atoms with Gasteiger partial charge in [0.25, 0.3) is 5.56 Å². The molecule has 1 aliphatic heterocycles. The molecule has 3 aromatic rings. The highest BCUT2D eigenvalue weighted by atomic mass is 19.4. The van der Waals surface area contributed by atoms with Crippen molar-refractivity contribution in [2.45, 2.75) is 38.5 Å². The predicted octanol–water partition coefficient (Wildman–Crippen LogP) is 3.47. The normalized spacial score (nSPS) is 16.1. The molecule has 1 atom stereocenters.